The minimum atomic E-state index is -4.03. The Balaban J connectivity index is 1.19. The molecule has 0 bridgehead atoms. The molecule has 238 valence electrons. The lowest BCUT2D eigenvalue weighted by atomic mass is 9.87. The number of ether oxygens (including phenoxy) is 2. The molecule has 1 atom stereocenters. The first-order valence-electron chi connectivity index (χ1n) is 14.8. The summed E-state index contributed by atoms with van der Waals surface area (Å²) in [6, 6.07) is 18.6. The van der Waals surface area contributed by atoms with Crippen molar-refractivity contribution < 1.29 is 40.8 Å². The van der Waals surface area contributed by atoms with E-state index in [-0.39, 0.29) is 40.6 Å². The number of rotatable bonds is 10. The summed E-state index contributed by atoms with van der Waals surface area (Å²) < 4.78 is 68.6. The zero-order chi connectivity index (χ0) is 32.4. The number of aliphatic hydroxyl groups is 1. The van der Waals surface area contributed by atoms with Gasteiger partial charge >= 0.3 is 6.29 Å². The molecule has 3 aromatic carbocycles. The average molecular weight is 640 g/mol. The van der Waals surface area contributed by atoms with E-state index in [0.29, 0.717) is 18.4 Å². The summed E-state index contributed by atoms with van der Waals surface area (Å²) in [6.07, 6.45) is -3.44. The molecule has 1 saturated carbocycles. The molecule has 0 radical (unpaired) electrons. The molecular weight excluding hydrogens is 604 g/mol. The number of halogens is 2. The van der Waals surface area contributed by atoms with Gasteiger partial charge in [-0.3, -0.25) is 8.98 Å². The largest absolute Gasteiger partial charge is 0.586 e. The Hall–Kier alpha value is -3.80. The normalized spacial score (nSPS) is 17.4. The first-order chi connectivity index (χ1) is 21.1. The van der Waals surface area contributed by atoms with Gasteiger partial charge in [0.25, 0.3) is 10.1 Å². The minimum Gasteiger partial charge on any atom is -0.395 e. The lowest BCUT2D eigenvalue weighted by Crippen LogP contribution is -2.27. The predicted molar refractivity (Wildman–Crippen MR) is 163 cm³/mol. The Morgan fingerprint density at radius 3 is 2.36 bits per heavy atom. The van der Waals surface area contributed by atoms with Crippen LogP contribution in [0.4, 0.5) is 8.78 Å². The molecule has 1 aliphatic carbocycles. The monoisotopic (exact) mass is 639 g/mol. The van der Waals surface area contributed by atoms with Crippen LogP contribution < -0.4 is 9.47 Å². The molecular formula is C34H35F2NO7S. The van der Waals surface area contributed by atoms with E-state index in [4.69, 9.17) is 4.18 Å². The van der Waals surface area contributed by atoms with Crippen LogP contribution >= 0.6 is 0 Å². The van der Waals surface area contributed by atoms with Crippen molar-refractivity contribution >= 4 is 26.8 Å². The third-order valence-electron chi connectivity index (χ3n) is 8.46. The van der Waals surface area contributed by atoms with Crippen LogP contribution in [0.3, 0.4) is 0 Å². The van der Waals surface area contributed by atoms with E-state index in [2.05, 4.69) is 9.47 Å². The van der Waals surface area contributed by atoms with E-state index in [1.54, 1.807) is 18.2 Å². The first kappa shape index (κ1) is 31.2. The van der Waals surface area contributed by atoms with Gasteiger partial charge in [0.1, 0.15) is 5.78 Å². The van der Waals surface area contributed by atoms with Gasteiger partial charge in [-0.25, -0.2) is 0 Å². The molecule has 0 unspecified atom stereocenters. The van der Waals surface area contributed by atoms with E-state index < -0.39 is 34.5 Å². The standard InChI is InChI=1S/C34H35F2NO7S/c1-21-5-9-26(10-6-21)45(40,41)42-20-25(38)19-37-27-11-7-22(15-23(27)17-30(37)32(2,3)4)16-31(39)33(13-14-33)24-8-12-28-29(18-24)44-34(35,36)43-28/h5-12,15,17-18,25,38H,13-14,16,19-20H2,1-4H3/t25-/m1/s1. The van der Waals surface area contributed by atoms with Gasteiger partial charge in [0, 0.05) is 28.4 Å². The highest BCUT2D eigenvalue weighted by atomic mass is 32.2. The number of Topliss-reactive ketones (excluding diaryl/α,β-unsaturated/α-hetero) is 1. The van der Waals surface area contributed by atoms with Gasteiger partial charge in [-0.1, -0.05) is 50.6 Å². The number of aliphatic hydroxyl groups excluding tert-OH is 1. The molecule has 1 aromatic heterocycles. The maximum absolute atomic E-state index is 13.6. The minimum absolute atomic E-state index is 0.00897. The summed E-state index contributed by atoms with van der Waals surface area (Å²) in [5.74, 6) is -0.138. The SMILES string of the molecule is Cc1ccc(S(=O)(=O)OC[C@H](O)Cn2c(C(C)(C)C)cc3cc(CC(=O)C4(c5ccc6c(c5)OC(F)(F)O6)CC4)ccc32)cc1. The molecule has 0 amide bonds. The van der Waals surface area contributed by atoms with Gasteiger partial charge in [-0.15, -0.1) is 8.78 Å². The third-order valence-corrected chi connectivity index (χ3v) is 9.75. The summed E-state index contributed by atoms with van der Waals surface area (Å²) in [7, 11) is -4.03. The van der Waals surface area contributed by atoms with Crippen LogP contribution in [0.1, 0.15) is 56.0 Å². The Labute approximate surface area is 260 Å². The Morgan fingerprint density at radius 1 is 1.00 bits per heavy atom. The highest BCUT2D eigenvalue weighted by Crippen LogP contribution is 2.52. The smallest absolute Gasteiger partial charge is 0.395 e. The lowest BCUT2D eigenvalue weighted by Gasteiger charge is -2.23. The summed E-state index contributed by atoms with van der Waals surface area (Å²) in [5.41, 5.74) is 3.05. The van der Waals surface area contributed by atoms with E-state index in [9.17, 15) is 27.1 Å². The van der Waals surface area contributed by atoms with Gasteiger partial charge in [-0.05, 0) is 73.4 Å². The van der Waals surface area contributed by atoms with Crippen molar-refractivity contribution in [3.05, 3.63) is 89.1 Å². The van der Waals surface area contributed by atoms with Crippen molar-refractivity contribution in [3.63, 3.8) is 0 Å². The van der Waals surface area contributed by atoms with E-state index >= 15 is 0 Å². The van der Waals surface area contributed by atoms with Crippen LogP contribution in [0.5, 0.6) is 11.5 Å². The molecule has 8 nitrogen and oxygen atoms in total. The molecule has 2 aliphatic rings. The Kier molecular flexibility index (Phi) is 7.57. The van der Waals surface area contributed by atoms with Crippen molar-refractivity contribution in [2.75, 3.05) is 6.61 Å². The van der Waals surface area contributed by atoms with Crippen molar-refractivity contribution in [2.45, 2.75) is 81.6 Å². The number of aromatic nitrogens is 1. The fourth-order valence-electron chi connectivity index (χ4n) is 5.91. The maximum atomic E-state index is 13.6. The molecule has 1 aliphatic heterocycles. The van der Waals surface area contributed by atoms with E-state index in [1.165, 1.54) is 24.3 Å². The maximum Gasteiger partial charge on any atom is 0.586 e. The zero-order valence-electron chi connectivity index (χ0n) is 25.5. The fraction of sp³-hybridized carbons (Fsp3) is 0.382. The fourth-order valence-corrected chi connectivity index (χ4v) is 6.85. The number of benzene rings is 3. The number of hydrogen-bond acceptors (Lipinski definition) is 7. The van der Waals surface area contributed by atoms with Crippen LogP contribution in [0.25, 0.3) is 10.9 Å². The number of ketones is 1. The summed E-state index contributed by atoms with van der Waals surface area (Å²) in [5, 5.41) is 11.8. The van der Waals surface area contributed by atoms with Gasteiger partial charge in [0.2, 0.25) is 0 Å². The van der Waals surface area contributed by atoms with Gasteiger partial charge in [-0.2, -0.15) is 8.42 Å². The number of hydrogen-bond donors (Lipinski definition) is 1. The number of nitrogens with zero attached hydrogens (tertiary/aromatic N) is 1. The van der Waals surface area contributed by atoms with Crippen molar-refractivity contribution in [3.8, 4) is 11.5 Å². The predicted octanol–water partition coefficient (Wildman–Crippen LogP) is 6.18. The van der Waals surface area contributed by atoms with Crippen molar-refractivity contribution in [2.24, 2.45) is 0 Å². The quantitative estimate of drug-likeness (QED) is 0.207. The average Bonchev–Trinajstić information content (AvgIpc) is 3.60. The second-order valence-electron chi connectivity index (χ2n) is 13.0. The number of aryl methyl sites for hydroxylation is 1. The van der Waals surface area contributed by atoms with Crippen LogP contribution in [0.15, 0.2) is 71.6 Å². The van der Waals surface area contributed by atoms with E-state index in [0.717, 1.165) is 27.7 Å². The van der Waals surface area contributed by atoms with Crippen LogP contribution in [-0.2, 0) is 42.9 Å². The number of alkyl halides is 2. The Morgan fingerprint density at radius 2 is 1.69 bits per heavy atom. The van der Waals surface area contributed by atoms with Crippen molar-refractivity contribution in [1.29, 1.82) is 0 Å². The molecule has 6 rings (SSSR count). The van der Waals surface area contributed by atoms with Crippen molar-refractivity contribution in [1.82, 2.24) is 4.57 Å². The van der Waals surface area contributed by atoms with Crippen LogP contribution in [-0.4, -0.2) is 42.9 Å². The lowest BCUT2D eigenvalue weighted by molar-refractivity contribution is -0.286. The van der Waals surface area contributed by atoms with E-state index in [1.807, 2.05) is 56.5 Å². The van der Waals surface area contributed by atoms with Crippen LogP contribution in [0.2, 0.25) is 0 Å². The molecule has 1 N–H and O–H groups in total. The first-order valence-corrected chi connectivity index (χ1v) is 16.2. The van der Waals surface area contributed by atoms with Gasteiger partial charge in [0.15, 0.2) is 11.5 Å². The van der Waals surface area contributed by atoms with Gasteiger partial charge in [0.05, 0.1) is 29.6 Å². The topological polar surface area (TPSA) is 104 Å². The molecule has 0 saturated heterocycles. The van der Waals surface area contributed by atoms with Crippen LogP contribution in [0, 0.1) is 6.92 Å². The molecule has 2 heterocycles. The second kappa shape index (κ2) is 10.9. The molecule has 11 heteroatoms. The highest BCUT2D eigenvalue weighted by molar-refractivity contribution is 7.86. The highest BCUT2D eigenvalue weighted by Gasteiger charge is 2.52. The Bertz CT molecular complexity index is 1890. The summed E-state index contributed by atoms with van der Waals surface area (Å²) >= 11 is 0. The number of fused-ring (bicyclic) bond motifs is 2. The zero-order valence-corrected chi connectivity index (χ0v) is 26.3. The third kappa shape index (κ3) is 6.21. The number of carbonyl (C=O) groups excluding carboxylic acids is 1. The summed E-state index contributed by atoms with van der Waals surface area (Å²) in [6.45, 7) is 7.69. The second-order valence-corrected chi connectivity index (χ2v) is 14.6. The molecule has 45 heavy (non-hydrogen) atoms. The molecule has 4 aromatic rings. The molecule has 0 spiro atoms. The number of carbonyl (C=O) groups is 1. The summed E-state index contributed by atoms with van der Waals surface area (Å²) in [4.78, 5) is 13.6. The molecule has 1 fully saturated rings. The van der Waals surface area contributed by atoms with Gasteiger partial charge < -0.3 is 19.1 Å².